The van der Waals surface area contributed by atoms with E-state index in [0.717, 1.165) is 25.7 Å². The van der Waals surface area contributed by atoms with E-state index in [2.05, 4.69) is 113 Å². The van der Waals surface area contributed by atoms with E-state index in [1.165, 1.54) is 72.5 Å². The van der Waals surface area contributed by atoms with Crippen LogP contribution >= 0.6 is 68.4 Å². The first kappa shape index (κ1) is 33.4. The van der Waals surface area contributed by atoms with Gasteiger partial charge in [0.2, 0.25) is 21.1 Å². The molecule has 11 heteroatoms. The normalized spacial score (nSPS) is 17.0. The van der Waals surface area contributed by atoms with Gasteiger partial charge in [-0.3, -0.25) is 0 Å². The van der Waals surface area contributed by atoms with Gasteiger partial charge < -0.3 is 17.3 Å². The van der Waals surface area contributed by atoms with E-state index in [1.54, 1.807) is 0 Å². The Morgan fingerprint density at radius 2 is 1.33 bits per heavy atom. The minimum absolute atomic E-state index is 1.11. The number of thiophene rings is 4. The predicted octanol–water partition coefficient (Wildman–Crippen LogP) is 14.6. The van der Waals surface area contributed by atoms with E-state index in [-0.39, 0.29) is 0 Å². The Morgan fingerprint density at radius 1 is 0.688 bits per heavy atom. The van der Waals surface area contributed by atoms with Gasteiger partial charge in [0.05, 0.1) is 4.88 Å². The van der Waals surface area contributed by atoms with Crippen molar-refractivity contribution in [2.45, 2.75) is 25.7 Å². The first-order valence-corrected chi connectivity index (χ1v) is 20.4. The summed E-state index contributed by atoms with van der Waals surface area (Å²) in [6.45, 7) is 0. The number of fused-ring (bicyclic) bond motifs is 2. The molecule has 0 aromatic carbocycles. The minimum Gasteiger partial charge on any atom is -0.418 e. The molecule has 5 aromatic rings. The molecule has 0 fully saturated rings. The fourth-order valence-electron chi connectivity index (χ4n) is 5.95. The van der Waals surface area contributed by atoms with Gasteiger partial charge in [-0.05, 0) is 94.3 Å². The molecule has 0 spiro atoms. The zero-order valence-corrected chi connectivity index (χ0v) is 30.2. The monoisotopic (exact) mass is 750 g/mol. The summed E-state index contributed by atoms with van der Waals surface area (Å²) in [4.78, 5) is 11.1. The molecular formula is C37H27BF4S6. The van der Waals surface area contributed by atoms with E-state index in [4.69, 9.17) is 0 Å². The molecule has 0 bridgehead atoms. The number of hydrogen-bond donors (Lipinski definition) is 0. The van der Waals surface area contributed by atoms with Crippen LogP contribution in [0.4, 0.5) is 17.3 Å². The van der Waals surface area contributed by atoms with Crippen molar-refractivity contribution in [2.24, 2.45) is 0 Å². The number of halogens is 4. The highest BCUT2D eigenvalue weighted by atomic mass is 32.2. The lowest BCUT2D eigenvalue weighted by atomic mass is 10.0. The van der Waals surface area contributed by atoms with Crippen LogP contribution in [-0.4, -0.2) is 7.25 Å². The molecule has 8 rings (SSSR count). The van der Waals surface area contributed by atoms with Crippen LogP contribution in [0, 0.1) is 0 Å². The molecular weight excluding hydrogens is 724 g/mol. The lowest BCUT2D eigenvalue weighted by Gasteiger charge is -2.19. The van der Waals surface area contributed by atoms with Gasteiger partial charge in [0.15, 0.2) is 0 Å². The molecule has 0 unspecified atom stereocenters. The van der Waals surface area contributed by atoms with Crippen LogP contribution in [0.15, 0.2) is 129 Å². The number of thioether (sulfide) groups is 1. The summed E-state index contributed by atoms with van der Waals surface area (Å²) >= 11 is 11.3. The molecule has 48 heavy (non-hydrogen) atoms. The summed E-state index contributed by atoms with van der Waals surface area (Å²) in [6, 6.07) is 20.1. The summed E-state index contributed by atoms with van der Waals surface area (Å²) in [6.07, 6.45) is 18.3. The highest BCUT2D eigenvalue weighted by molar-refractivity contribution is 8.12. The molecule has 242 valence electrons. The SMILES string of the molecule is C1=C(c2cccs2)SC2=C(/C=C/C=C/C=C3\CCc4c(-c5cccs5)cc(-c5cccs5)[s+]c43)CCC2=C1c1cccs1.F[B-](F)(F)F. The van der Waals surface area contributed by atoms with Crippen LogP contribution in [0.2, 0.25) is 0 Å². The summed E-state index contributed by atoms with van der Waals surface area (Å²) in [7, 11) is -6.00. The number of hydrogen-bond acceptors (Lipinski definition) is 5. The largest absolute Gasteiger partial charge is 0.673 e. The second kappa shape index (κ2) is 14.8. The van der Waals surface area contributed by atoms with Gasteiger partial charge in [0.25, 0.3) is 0 Å². The topological polar surface area (TPSA) is 0 Å². The van der Waals surface area contributed by atoms with Crippen molar-refractivity contribution in [1.82, 2.24) is 0 Å². The number of allylic oxidation sites excluding steroid dienone is 10. The third kappa shape index (κ3) is 7.72. The van der Waals surface area contributed by atoms with Gasteiger partial charge in [0, 0.05) is 47.2 Å². The molecule has 3 aliphatic rings. The van der Waals surface area contributed by atoms with Gasteiger partial charge in [-0.2, -0.15) is 0 Å². The van der Waals surface area contributed by atoms with Crippen molar-refractivity contribution in [3.8, 4) is 20.2 Å². The first-order valence-electron chi connectivity index (χ1n) is 15.2. The molecule has 1 aliphatic heterocycles. The Balaban J connectivity index is 0.000000681. The molecule has 0 N–H and O–H groups in total. The van der Waals surface area contributed by atoms with Crippen molar-refractivity contribution in [3.05, 3.63) is 149 Å². The lowest BCUT2D eigenvalue weighted by Crippen LogP contribution is -2.02. The van der Waals surface area contributed by atoms with Crippen LogP contribution in [0.1, 0.15) is 39.5 Å². The number of rotatable bonds is 7. The third-order valence-corrected chi connectivity index (χ3v) is 14.4. The summed E-state index contributed by atoms with van der Waals surface area (Å²) in [5.74, 6) is 0. The van der Waals surface area contributed by atoms with E-state index < -0.39 is 7.25 Å². The zero-order chi connectivity index (χ0) is 33.1. The second-order valence-corrected chi connectivity index (χ2v) is 16.9. The molecule has 2 aliphatic carbocycles. The predicted molar refractivity (Wildman–Crippen MR) is 208 cm³/mol. The molecule has 6 heterocycles. The molecule has 5 aromatic heterocycles. The van der Waals surface area contributed by atoms with E-state index in [9.17, 15) is 17.3 Å². The Labute approximate surface area is 301 Å². The van der Waals surface area contributed by atoms with Gasteiger partial charge >= 0.3 is 7.25 Å². The van der Waals surface area contributed by atoms with Crippen LogP contribution in [0.5, 0.6) is 0 Å². The van der Waals surface area contributed by atoms with Crippen molar-refractivity contribution < 1.29 is 17.3 Å². The lowest BCUT2D eigenvalue weighted by molar-refractivity contribution is 0.368. The van der Waals surface area contributed by atoms with E-state index in [1.807, 2.05) is 68.4 Å². The summed E-state index contributed by atoms with van der Waals surface area (Å²) in [5, 5.41) is 8.74. The van der Waals surface area contributed by atoms with Crippen molar-refractivity contribution >= 4 is 91.8 Å². The van der Waals surface area contributed by atoms with Gasteiger partial charge in [-0.15, -0.1) is 45.3 Å². The average Bonchev–Trinajstić information content (AvgIpc) is 3.92. The van der Waals surface area contributed by atoms with Crippen molar-refractivity contribution in [2.75, 3.05) is 0 Å². The molecule has 0 saturated heterocycles. The summed E-state index contributed by atoms with van der Waals surface area (Å²) in [5.41, 5.74) is 8.80. The molecule has 0 radical (unpaired) electrons. The third-order valence-electron chi connectivity index (χ3n) is 7.96. The molecule has 0 amide bonds. The van der Waals surface area contributed by atoms with Crippen LogP contribution < -0.4 is 0 Å². The van der Waals surface area contributed by atoms with Crippen molar-refractivity contribution in [3.63, 3.8) is 0 Å². The first-order chi connectivity index (χ1) is 23.3. The van der Waals surface area contributed by atoms with E-state index >= 15 is 0 Å². The van der Waals surface area contributed by atoms with E-state index in [0.29, 0.717) is 0 Å². The minimum atomic E-state index is -6.00. The van der Waals surface area contributed by atoms with Gasteiger partial charge in [-0.1, -0.05) is 66.4 Å². The average molecular weight is 751 g/mol. The second-order valence-electron chi connectivity index (χ2n) is 11.0. The highest BCUT2D eigenvalue weighted by Crippen LogP contribution is 2.53. The highest BCUT2D eigenvalue weighted by Gasteiger charge is 2.32. The van der Waals surface area contributed by atoms with Crippen LogP contribution in [0.3, 0.4) is 0 Å². The van der Waals surface area contributed by atoms with Gasteiger partial charge in [-0.25, -0.2) is 0 Å². The molecule has 0 atom stereocenters. The maximum absolute atomic E-state index is 9.75. The molecule has 0 saturated carbocycles. The van der Waals surface area contributed by atoms with Crippen LogP contribution in [0.25, 0.3) is 36.2 Å². The Hall–Kier alpha value is -3.06. The fourth-order valence-corrected chi connectivity index (χ4v) is 11.7. The molecule has 0 nitrogen and oxygen atoms in total. The summed E-state index contributed by atoms with van der Waals surface area (Å²) < 4.78 is 39.0. The van der Waals surface area contributed by atoms with Gasteiger partial charge in [0.1, 0.15) is 0 Å². The smallest absolute Gasteiger partial charge is 0.418 e. The quantitative estimate of drug-likeness (QED) is 0.0691. The fraction of sp³-hybridized carbons (Fsp3) is 0.108. The Bertz CT molecular complexity index is 2070. The zero-order valence-electron chi connectivity index (χ0n) is 25.3. The Morgan fingerprint density at radius 3 is 2.00 bits per heavy atom. The Kier molecular flexibility index (Phi) is 10.3. The standard InChI is InChI=1S/C37H27S6.BF4/c1(2-8-24-14-16-26-28(30-10-4-18-38-30)22-34(42-36(24)26)32-12-6-20-40-32)3-9-25-15-17-27-29(31-11-5-19-39-31)23-35(43-37(25)27)33-13-7-21-41-33;2-1(3,4)5/h1-13,18-23H,14-17H2;/q+1;-1. The maximum atomic E-state index is 9.75. The van der Waals surface area contributed by atoms with Crippen LogP contribution in [-0.2, 0) is 6.42 Å². The van der Waals surface area contributed by atoms with Crippen molar-refractivity contribution in [1.29, 1.82) is 0 Å². The maximum Gasteiger partial charge on any atom is 0.673 e.